The Morgan fingerprint density at radius 3 is 2.57 bits per heavy atom. The average Bonchev–Trinajstić information content (AvgIpc) is 3.60. The monoisotopic (exact) mass is 753 g/mol. The van der Waals surface area contributed by atoms with Crippen molar-refractivity contribution in [3.05, 3.63) is 63.9 Å². The molecule has 0 spiro atoms. The molecule has 290 valence electrons. The number of likely N-dealkylation sites (N-methyl/N-ethyl adjacent to an activating group) is 3. The maximum Gasteiger partial charge on any atom is 0.409 e. The minimum Gasteiger partial charge on any atom is -0.455 e. The van der Waals surface area contributed by atoms with E-state index in [0.717, 1.165) is 12.5 Å². The number of rotatable bonds is 11. The van der Waals surface area contributed by atoms with Crippen LogP contribution < -0.4 is 9.64 Å². The third-order valence-electron chi connectivity index (χ3n) is 9.67. The summed E-state index contributed by atoms with van der Waals surface area (Å²) in [7, 11) is 4.93. The van der Waals surface area contributed by atoms with E-state index in [2.05, 4.69) is 21.7 Å². The molecule has 0 radical (unpaired) electrons. The van der Waals surface area contributed by atoms with Crippen molar-refractivity contribution in [1.82, 2.24) is 29.2 Å². The Hall–Kier alpha value is -5.62. The topological polar surface area (TPSA) is 231 Å². The Kier molecular flexibility index (Phi) is 12.5. The number of nitro groups is 1. The van der Waals surface area contributed by atoms with Gasteiger partial charge in [0, 0.05) is 59.6 Å². The van der Waals surface area contributed by atoms with E-state index in [1.165, 1.54) is 39.9 Å². The molecule has 3 aromatic rings. The molecule has 2 saturated heterocycles. The number of carbonyl (C=O) groups excluding carboxylic acids is 3. The van der Waals surface area contributed by atoms with E-state index in [1.807, 2.05) is 11.9 Å². The van der Waals surface area contributed by atoms with Crippen molar-refractivity contribution in [3.63, 3.8) is 0 Å². The number of nitro benzene ring substituents is 1. The van der Waals surface area contributed by atoms with Crippen molar-refractivity contribution in [1.29, 1.82) is 0 Å². The molecule has 0 aliphatic carbocycles. The number of ether oxygens (including phenoxy) is 3. The molecule has 2 aliphatic heterocycles. The highest BCUT2D eigenvalue weighted by atomic mass is 16.7. The molecular weight excluding hydrogens is 710 g/mol. The van der Waals surface area contributed by atoms with Gasteiger partial charge in [-0.3, -0.25) is 19.5 Å². The van der Waals surface area contributed by atoms with Gasteiger partial charge in [-0.25, -0.2) is 26.1 Å². The number of amides is 3. The van der Waals surface area contributed by atoms with Crippen LogP contribution in [0.4, 0.5) is 21.1 Å². The number of likely N-dealkylation sites (tertiary alicyclic amines) is 1. The van der Waals surface area contributed by atoms with E-state index in [0.29, 0.717) is 29.9 Å². The van der Waals surface area contributed by atoms with E-state index in [9.17, 15) is 39.8 Å². The summed E-state index contributed by atoms with van der Waals surface area (Å²) in [4.78, 5) is 68.2. The van der Waals surface area contributed by atoms with Crippen molar-refractivity contribution < 1.29 is 48.8 Å². The Balaban J connectivity index is 1.16. The Labute approximate surface area is 310 Å². The number of hydrogen-bond acceptors (Lipinski definition) is 14. The van der Waals surface area contributed by atoms with Gasteiger partial charge in [-0.1, -0.05) is 13.0 Å². The summed E-state index contributed by atoms with van der Waals surface area (Å²) in [5.74, 6) is 0.359. The van der Waals surface area contributed by atoms with Crippen LogP contribution in [0, 0.1) is 22.6 Å². The highest BCUT2D eigenvalue weighted by molar-refractivity contribution is 5.95. The van der Waals surface area contributed by atoms with Crippen LogP contribution in [0.1, 0.15) is 18.9 Å². The van der Waals surface area contributed by atoms with Crippen molar-refractivity contribution in [2.24, 2.45) is 5.92 Å². The number of anilines is 1. The molecule has 4 heterocycles. The van der Waals surface area contributed by atoms with Gasteiger partial charge >= 0.3 is 23.7 Å². The highest BCUT2D eigenvalue weighted by Crippen LogP contribution is 2.32. The first-order valence-corrected chi connectivity index (χ1v) is 17.1. The number of piperidine rings is 1. The minimum atomic E-state index is -1.66. The van der Waals surface area contributed by atoms with Crippen LogP contribution in [0.2, 0.25) is 0 Å². The van der Waals surface area contributed by atoms with Gasteiger partial charge in [-0.05, 0) is 30.0 Å². The van der Waals surface area contributed by atoms with E-state index in [-0.39, 0.29) is 62.0 Å². The van der Waals surface area contributed by atoms with Gasteiger partial charge in [0.1, 0.15) is 37.1 Å². The SMILES string of the molecule is [C-]#[N+]CC(=O)N1CC[C@@H](C)[C@@H](N(C)c2ncnc3c2ccn3C(=O)N(C)CCN(C)C(=O)OCc2ccc(O[C@@H]3OC[C@@H](O)[C@H](O)[C@H]3O)c([N+](=O)[O-])c2)C1. The quantitative estimate of drug-likeness (QED) is 0.141. The summed E-state index contributed by atoms with van der Waals surface area (Å²) in [6.07, 6.45) is -3.04. The normalized spacial score (nSPS) is 22.6. The number of fused-ring (bicyclic) bond motifs is 1. The van der Waals surface area contributed by atoms with Gasteiger partial charge in [0.25, 0.3) is 6.54 Å². The first kappa shape index (κ1) is 39.6. The summed E-state index contributed by atoms with van der Waals surface area (Å²) in [5, 5.41) is 42.0. The molecule has 0 bridgehead atoms. The second-order valence-corrected chi connectivity index (χ2v) is 13.3. The standard InChI is InChI=1S/C34H43N9O11/c1-20-8-10-41(27(45)15-35-2)16-24(20)40(5)30-22-9-11-42(31(22)37-19-36-30)33(48)38(3)12-13-39(4)34(49)53-17-21-6-7-26(23(14-21)43(50)51)54-32-29(47)28(46)25(44)18-52-32/h6-7,9,11,14,19-20,24-25,28-29,32,44,46-47H,8,10,12-13,15-18H2,1,3-5H3/t20-,24+,25-,28+,29-,32+/m1/s1. The van der Waals surface area contributed by atoms with Gasteiger partial charge in [0.15, 0.2) is 11.4 Å². The van der Waals surface area contributed by atoms with Gasteiger partial charge in [0.05, 0.1) is 23.0 Å². The lowest BCUT2D eigenvalue weighted by Crippen LogP contribution is -2.54. The molecule has 0 saturated carbocycles. The molecule has 54 heavy (non-hydrogen) atoms. The average molecular weight is 754 g/mol. The lowest BCUT2D eigenvalue weighted by atomic mass is 9.92. The molecule has 0 unspecified atom stereocenters. The third-order valence-corrected chi connectivity index (χ3v) is 9.67. The smallest absolute Gasteiger partial charge is 0.409 e. The Morgan fingerprint density at radius 1 is 1.11 bits per heavy atom. The summed E-state index contributed by atoms with van der Waals surface area (Å²) in [6.45, 7) is 9.52. The van der Waals surface area contributed by atoms with Crippen LogP contribution in [0.15, 0.2) is 36.8 Å². The molecule has 2 aliphatic rings. The van der Waals surface area contributed by atoms with E-state index in [4.69, 9.17) is 20.8 Å². The van der Waals surface area contributed by atoms with Crippen LogP contribution in [0.25, 0.3) is 15.9 Å². The molecule has 20 heteroatoms. The van der Waals surface area contributed by atoms with Crippen LogP contribution in [-0.4, -0.2) is 159 Å². The van der Waals surface area contributed by atoms with Crippen LogP contribution in [0.5, 0.6) is 5.75 Å². The molecule has 6 atom stereocenters. The molecule has 3 amide bonds. The zero-order valence-electron chi connectivity index (χ0n) is 30.2. The summed E-state index contributed by atoms with van der Waals surface area (Å²) in [5.41, 5.74) is 0.138. The van der Waals surface area contributed by atoms with Gasteiger partial charge in [0.2, 0.25) is 6.29 Å². The molecule has 3 N–H and O–H groups in total. The predicted molar refractivity (Wildman–Crippen MR) is 189 cm³/mol. The predicted octanol–water partition coefficient (Wildman–Crippen LogP) is 0.918. The number of aliphatic hydroxyl groups is 3. The number of aromatic nitrogens is 3. The summed E-state index contributed by atoms with van der Waals surface area (Å²) in [6, 6.07) is 5.05. The second-order valence-electron chi connectivity index (χ2n) is 13.3. The Bertz CT molecular complexity index is 1900. The van der Waals surface area contributed by atoms with E-state index < -0.39 is 47.3 Å². The zero-order chi connectivity index (χ0) is 39.3. The molecular formula is C34H43N9O11. The van der Waals surface area contributed by atoms with Crippen molar-refractivity contribution in [2.45, 2.75) is 50.6 Å². The van der Waals surface area contributed by atoms with Gasteiger partial charge in [-0.2, -0.15) is 0 Å². The summed E-state index contributed by atoms with van der Waals surface area (Å²) >= 11 is 0. The second kappa shape index (κ2) is 17.0. The maximum absolute atomic E-state index is 13.5. The minimum absolute atomic E-state index is 0.0733. The molecule has 1 aromatic carbocycles. The fraction of sp³-hybridized carbons (Fsp3) is 0.529. The number of carbonyl (C=O) groups is 3. The fourth-order valence-electron chi connectivity index (χ4n) is 6.31. The van der Waals surface area contributed by atoms with Crippen molar-refractivity contribution in [3.8, 4) is 5.75 Å². The maximum atomic E-state index is 13.5. The van der Waals surface area contributed by atoms with Crippen LogP contribution >= 0.6 is 0 Å². The largest absolute Gasteiger partial charge is 0.455 e. The zero-order valence-corrected chi connectivity index (χ0v) is 30.2. The Morgan fingerprint density at radius 2 is 1.85 bits per heavy atom. The van der Waals surface area contributed by atoms with Crippen LogP contribution in [-0.2, 0) is 20.9 Å². The van der Waals surface area contributed by atoms with Gasteiger partial charge < -0.3 is 54.0 Å². The van der Waals surface area contributed by atoms with Crippen molar-refractivity contribution >= 4 is 40.6 Å². The number of aliphatic hydroxyl groups excluding tert-OH is 3. The number of nitrogens with zero attached hydrogens (tertiary/aromatic N) is 9. The van der Waals surface area contributed by atoms with Gasteiger partial charge in [-0.15, -0.1) is 0 Å². The first-order chi connectivity index (χ1) is 25.7. The number of benzene rings is 1. The molecule has 5 rings (SSSR count). The van der Waals surface area contributed by atoms with Crippen molar-refractivity contribution in [2.75, 3.05) is 65.4 Å². The lowest BCUT2D eigenvalue weighted by Gasteiger charge is -2.41. The molecule has 20 nitrogen and oxygen atoms in total. The van der Waals surface area contributed by atoms with E-state index in [1.54, 1.807) is 24.2 Å². The number of hydrogen-bond donors (Lipinski definition) is 3. The molecule has 2 fully saturated rings. The molecule has 2 aromatic heterocycles. The summed E-state index contributed by atoms with van der Waals surface area (Å²) < 4.78 is 17.3. The fourth-order valence-corrected chi connectivity index (χ4v) is 6.31. The third kappa shape index (κ3) is 8.60. The lowest BCUT2D eigenvalue weighted by molar-refractivity contribution is -0.386. The highest BCUT2D eigenvalue weighted by Gasteiger charge is 2.40. The van der Waals surface area contributed by atoms with Crippen LogP contribution in [0.3, 0.4) is 0 Å². The van der Waals surface area contributed by atoms with E-state index >= 15 is 0 Å². The first-order valence-electron chi connectivity index (χ1n) is 17.1.